The summed E-state index contributed by atoms with van der Waals surface area (Å²) in [6, 6.07) is 5.11. The second-order valence-electron chi connectivity index (χ2n) is 2.45. The summed E-state index contributed by atoms with van der Waals surface area (Å²) in [6.07, 6.45) is 0.768. The molecule has 0 saturated carbocycles. The van der Waals surface area contributed by atoms with Crippen LogP contribution in [0.15, 0.2) is 18.2 Å². The molecule has 0 fully saturated rings. The highest BCUT2D eigenvalue weighted by Gasteiger charge is 2.03. The van der Waals surface area contributed by atoms with Gasteiger partial charge in [-0.05, 0) is 19.1 Å². The lowest BCUT2D eigenvalue weighted by Gasteiger charge is -2.07. The molecule has 0 spiro atoms. The number of benzene rings is 1. The topological polar surface area (TPSA) is 35.5 Å². The number of ether oxygens (including phenoxy) is 2. The Hall–Kier alpha value is -1.51. The zero-order chi connectivity index (χ0) is 9.68. The van der Waals surface area contributed by atoms with E-state index in [4.69, 9.17) is 9.47 Å². The van der Waals surface area contributed by atoms with Crippen molar-refractivity contribution in [2.75, 3.05) is 13.7 Å². The first kappa shape index (κ1) is 9.58. The molecule has 0 amide bonds. The van der Waals surface area contributed by atoms with Crippen LogP contribution in [-0.2, 0) is 0 Å². The maximum atomic E-state index is 10.6. The van der Waals surface area contributed by atoms with Crippen LogP contribution < -0.4 is 9.47 Å². The fourth-order valence-electron chi connectivity index (χ4n) is 1.02. The van der Waals surface area contributed by atoms with Crippen molar-refractivity contribution < 1.29 is 14.3 Å². The van der Waals surface area contributed by atoms with Crippen LogP contribution in [0.1, 0.15) is 17.3 Å². The molecule has 3 heteroatoms. The molecule has 13 heavy (non-hydrogen) atoms. The van der Waals surface area contributed by atoms with Crippen molar-refractivity contribution in [2.45, 2.75) is 6.92 Å². The van der Waals surface area contributed by atoms with E-state index >= 15 is 0 Å². The van der Waals surface area contributed by atoms with Crippen molar-refractivity contribution in [3.8, 4) is 11.5 Å². The first-order valence-electron chi connectivity index (χ1n) is 4.07. The molecule has 0 atom stereocenters. The molecule has 0 aliphatic carbocycles. The minimum Gasteiger partial charge on any atom is -0.497 e. The van der Waals surface area contributed by atoms with Crippen LogP contribution in [0.5, 0.6) is 11.5 Å². The second-order valence-corrected chi connectivity index (χ2v) is 2.45. The third kappa shape index (κ3) is 2.21. The largest absolute Gasteiger partial charge is 0.497 e. The fourth-order valence-corrected chi connectivity index (χ4v) is 1.02. The van der Waals surface area contributed by atoms with E-state index in [0.717, 1.165) is 6.29 Å². The summed E-state index contributed by atoms with van der Waals surface area (Å²) < 4.78 is 10.3. The molecule has 70 valence electrons. The zero-order valence-corrected chi connectivity index (χ0v) is 7.74. The van der Waals surface area contributed by atoms with Crippen LogP contribution in [-0.4, -0.2) is 20.0 Å². The fraction of sp³-hybridized carbons (Fsp3) is 0.300. The van der Waals surface area contributed by atoms with Gasteiger partial charge < -0.3 is 9.47 Å². The lowest BCUT2D eigenvalue weighted by atomic mass is 10.2. The van der Waals surface area contributed by atoms with Crippen LogP contribution in [0.25, 0.3) is 0 Å². The van der Waals surface area contributed by atoms with Crippen molar-refractivity contribution >= 4 is 6.29 Å². The summed E-state index contributed by atoms with van der Waals surface area (Å²) >= 11 is 0. The molecule has 0 aliphatic rings. The van der Waals surface area contributed by atoms with Gasteiger partial charge in [0.2, 0.25) is 0 Å². The minimum atomic E-state index is 0.536. The van der Waals surface area contributed by atoms with Gasteiger partial charge in [0, 0.05) is 6.07 Å². The Bertz CT molecular complexity index is 294. The number of methoxy groups -OCH3 is 1. The maximum Gasteiger partial charge on any atom is 0.153 e. The molecule has 0 aromatic heterocycles. The molecular weight excluding hydrogens is 168 g/mol. The predicted molar refractivity (Wildman–Crippen MR) is 49.6 cm³/mol. The van der Waals surface area contributed by atoms with E-state index in [9.17, 15) is 4.79 Å². The summed E-state index contributed by atoms with van der Waals surface area (Å²) in [7, 11) is 1.58. The monoisotopic (exact) mass is 180 g/mol. The maximum absolute atomic E-state index is 10.6. The summed E-state index contributed by atoms with van der Waals surface area (Å²) in [4.78, 5) is 10.6. The lowest BCUT2D eigenvalue weighted by molar-refractivity contribution is 0.112. The average molecular weight is 180 g/mol. The third-order valence-electron chi connectivity index (χ3n) is 1.65. The van der Waals surface area contributed by atoms with Crippen molar-refractivity contribution in [1.29, 1.82) is 0 Å². The number of aldehydes is 1. The Morgan fingerprint density at radius 1 is 1.46 bits per heavy atom. The number of hydrogen-bond donors (Lipinski definition) is 0. The van der Waals surface area contributed by atoms with Crippen LogP contribution in [0.4, 0.5) is 0 Å². The molecule has 0 radical (unpaired) electrons. The molecule has 0 aliphatic heterocycles. The number of hydrogen-bond acceptors (Lipinski definition) is 3. The van der Waals surface area contributed by atoms with Gasteiger partial charge in [0.1, 0.15) is 11.5 Å². The van der Waals surface area contributed by atoms with Gasteiger partial charge in [-0.15, -0.1) is 0 Å². The molecule has 0 unspecified atom stereocenters. The van der Waals surface area contributed by atoms with Gasteiger partial charge in [0.25, 0.3) is 0 Å². The van der Waals surface area contributed by atoms with Gasteiger partial charge in [0.15, 0.2) is 6.29 Å². The Balaban J connectivity index is 3.02. The zero-order valence-electron chi connectivity index (χ0n) is 7.74. The molecule has 0 saturated heterocycles. The standard InChI is InChI=1S/C10H12O3/c1-3-13-10-6-9(12-2)5-4-8(10)7-11/h4-7H,3H2,1-2H3. The highest BCUT2D eigenvalue weighted by atomic mass is 16.5. The minimum absolute atomic E-state index is 0.536. The Morgan fingerprint density at radius 3 is 2.77 bits per heavy atom. The SMILES string of the molecule is CCOc1cc(OC)ccc1C=O. The van der Waals surface area contributed by atoms with E-state index in [1.807, 2.05) is 6.92 Å². The molecule has 1 aromatic rings. The predicted octanol–water partition coefficient (Wildman–Crippen LogP) is 1.91. The first-order chi connectivity index (χ1) is 6.31. The quantitative estimate of drug-likeness (QED) is 0.664. The molecule has 0 bridgehead atoms. The van der Waals surface area contributed by atoms with Gasteiger partial charge in [0.05, 0.1) is 19.3 Å². The highest BCUT2D eigenvalue weighted by Crippen LogP contribution is 2.23. The van der Waals surface area contributed by atoms with E-state index in [1.54, 1.807) is 25.3 Å². The summed E-state index contributed by atoms with van der Waals surface area (Å²) in [5, 5.41) is 0. The van der Waals surface area contributed by atoms with E-state index in [-0.39, 0.29) is 0 Å². The van der Waals surface area contributed by atoms with Gasteiger partial charge in [-0.3, -0.25) is 4.79 Å². The number of carbonyl (C=O) groups is 1. The summed E-state index contributed by atoms with van der Waals surface area (Å²) in [5.41, 5.74) is 0.544. The van der Waals surface area contributed by atoms with Crippen LogP contribution >= 0.6 is 0 Å². The molecule has 0 N–H and O–H groups in total. The van der Waals surface area contributed by atoms with Crippen molar-refractivity contribution in [3.63, 3.8) is 0 Å². The third-order valence-corrected chi connectivity index (χ3v) is 1.65. The highest BCUT2D eigenvalue weighted by molar-refractivity contribution is 5.79. The smallest absolute Gasteiger partial charge is 0.153 e. The van der Waals surface area contributed by atoms with Gasteiger partial charge in [-0.2, -0.15) is 0 Å². The van der Waals surface area contributed by atoms with Crippen LogP contribution in [0.3, 0.4) is 0 Å². The Morgan fingerprint density at radius 2 is 2.23 bits per heavy atom. The summed E-state index contributed by atoms with van der Waals surface area (Å²) in [5.74, 6) is 1.26. The molecule has 0 heterocycles. The number of carbonyl (C=O) groups excluding carboxylic acids is 1. The van der Waals surface area contributed by atoms with E-state index in [2.05, 4.69) is 0 Å². The van der Waals surface area contributed by atoms with Crippen molar-refractivity contribution in [1.82, 2.24) is 0 Å². The van der Waals surface area contributed by atoms with E-state index < -0.39 is 0 Å². The first-order valence-corrected chi connectivity index (χ1v) is 4.07. The van der Waals surface area contributed by atoms with Crippen LogP contribution in [0.2, 0.25) is 0 Å². The van der Waals surface area contributed by atoms with Gasteiger partial charge >= 0.3 is 0 Å². The lowest BCUT2D eigenvalue weighted by Crippen LogP contribution is -1.96. The number of rotatable bonds is 4. The van der Waals surface area contributed by atoms with E-state index in [1.165, 1.54) is 0 Å². The molecule has 3 nitrogen and oxygen atoms in total. The van der Waals surface area contributed by atoms with Crippen molar-refractivity contribution in [2.24, 2.45) is 0 Å². The van der Waals surface area contributed by atoms with Crippen LogP contribution in [0, 0.1) is 0 Å². The Labute approximate surface area is 77.3 Å². The van der Waals surface area contributed by atoms with Gasteiger partial charge in [-0.1, -0.05) is 0 Å². The van der Waals surface area contributed by atoms with E-state index in [0.29, 0.717) is 23.7 Å². The Kier molecular flexibility index (Phi) is 3.31. The average Bonchev–Trinajstić information content (AvgIpc) is 2.18. The summed E-state index contributed by atoms with van der Waals surface area (Å²) in [6.45, 7) is 2.40. The second kappa shape index (κ2) is 4.50. The molecular formula is C10H12O3. The molecule has 1 rings (SSSR count). The molecule has 1 aromatic carbocycles. The van der Waals surface area contributed by atoms with Gasteiger partial charge in [-0.25, -0.2) is 0 Å². The van der Waals surface area contributed by atoms with Crippen molar-refractivity contribution in [3.05, 3.63) is 23.8 Å². The normalized spacial score (nSPS) is 9.38.